The van der Waals surface area contributed by atoms with Crippen LogP contribution in [0.25, 0.3) is 5.76 Å². The van der Waals surface area contributed by atoms with E-state index in [2.05, 4.69) is 0 Å². The molecule has 0 aromatic heterocycles. The summed E-state index contributed by atoms with van der Waals surface area (Å²) in [5.74, 6) is 0.0890. The molecule has 1 aliphatic heterocycles. The molecular formula is C29H29NO6. The number of nitrogens with zero attached hydrogens (tertiary/aromatic N) is 1. The van der Waals surface area contributed by atoms with Crippen molar-refractivity contribution in [3.63, 3.8) is 0 Å². The van der Waals surface area contributed by atoms with Gasteiger partial charge in [-0.15, -0.1) is 0 Å². The van der Waals surface area contributed by atoms with E-state index in [1.165, 1.54) is 12.0 Å². The van der Waals surface area contributed by atoms with E-state index in [1.807, 2.05) is 43.3 Å². The first-order valence-corrected chi connectivity index (χ1v) is 11.9. The van der Waals surface area contributed by atoms with Crippen molar-refractivity contribution in [2.45, 2.75) is 19.4 Å². The Labute approximate surface area is 210 Å². The molecule has 3 aromatic carbocycles. The topological polar surface area (TPSA) is 85.3 Å². The molecule has 0 saturated carbocycles. The van der Waals surface area contributed by atoms with Crippen LogP contribution in [0.4, 0.5) is 0 Å². The molecule has 1 saturated heterocycles. The maximum atomic E-state index is 13.2. The summed E-state index contributed by atoms with van der Waals surface area (Å²) >= 11 is 0. The number of benzene rings is 3. The van der Waals surface area contributed by atoms with Crippen molar-refractivity contribution in [2.75, 3.05) is 26.9 Å². The Bertz CT molecular complexity index is 1250. The van der Waals surface area contributed by atoms with Gasteiger partial charge >= 0.3 is 0 Å². The minimum Gasteiger partial charge on any atom is -0.507 e. The average molecular weight is 488 g/mol. The smallest absolute Gasteiger partial charge is 0.295 e. The Morgan fingerprint density at radius 3 is 2.36 bits per heavy atom. The molecule has 3 aromatic rings. The van der Waals surface area contributed by atoms with E-state index in [-0.39, 0.29) is 24.5 Å². The predicted molar refractivity (Wildman–Crippen MR) is 136 cm³/mol. The second-order valence-electron chi connectivity index (χ2n) is 8.35. The number of Topliss-reactive ketones (excluding diaryl/α,β-unsaturated/α-hetero) is 1. The Morgan fingerprint density at radius 2 is 1.61 bits per heavy atom. The van der Waals surface area contributed by atoms with Crippen LogP contribution >= 0.6 is 0 Å². The zero-order valence-corrected chi connectivity index (χ0v) is 20.3. The van der Waals surface area contributed by atoms with Gasteiger partial charge in [-0.05, 0) is 48.4 Å². The van der Waals surface area contributed by atoms with E-state index in [4.69, 9.17) is 14.2 Å². The molecule has 1 heterocycles. The fraction of sp³-hybridized carbons (Fsp3) is 0.241. The second-order valence-corrected chi connectivity index (χ2v) is 8.35. The molecule has 0 bridgehead atoms. The highest BCUT2D eigenvalue weighted by Gasteiger charge is 2.46. The molecule has 1 unspecified atom stereocenters. The van der Waals surface area contributed by atoms with Gasteiger partial charge in [-0.3, -0.25) is 9.59 Å². The molecule has 1 amide bonds. The van der Waals surface area contributed by atoms with Gasteiger partial charge in [0.05, 0.1) is 24.8 Å². The SMILES string of the molecule is CCCOc1cccc(C(O)=C2C(=O)C(=O)N(CCOC)C2c2cccc(Oc3ccccc3)c2)c1. The van der Waals surface area contributed by atoms with Crippen molar-refractivity contribution >= 4 is 17.4 Å². The van der Waals surface area contributed by atoms with E-state index in [1.54, 1.807) is 42.5 Å². The zero-order chi connectivity index (χ0) is 25.5. The van der Waals surface area contributed by atoms with Crippen LogP contribution in [-0.2, 0) is 14.3 Å². The highest BCUT2D eigenvalue weighted by Crippen LogP contribution is 2.40. The number of carbonyl (C=O) groups is 2. The summed E-state index contributed by atoms with van der Waals surface area (Å²) in [6.07, 6.45) is 0.836. The Balaban J connectivity index is 1.77. The number of ketones is 1. The molecule has 0 spiro atoms. The molecular weight excluding hydrogens is 458 g/mol. The maximum Gasteiger partial charge on any atom is 0.295 e. The lowest BCUT2D eigenvalue weighted by Gasteiger charge is -2.25. The van der Waals surface area contributed by atoms with Gasteiger partial charge in [0.1, 0.15) is 23.0 Å². The normalized spacial score (nSPS) is 16.8. The van der Waals surface area contributed by atoms with Crippen molar-refractivity contribution < 1.29 is 28.9 Å². The lowest BCUT2D eigenvalue weighted by atomic mass is 9.95. The summed E-state index contributed by atoms with van der Waals surface area (Å²) in [6, 6.07) is 22.6. The highest BCUT2D eigenvalue weighted by molar-refractivity contribution is 6.46. The molecule has 1 aliphatic rings. The van der Waals surface area contributed by atoms with Gasteiger partial charge < -0.3 is 24.2 Å². The first-order chi connectivity index (χ1) is 17.5. The number of methoxy groups -OCH3 is 1. The molecule has 36 heavy (non-hydrogen) atoms. The minimum atomic E-state index is -0.806. The summed E-state index contributed by atoms with van der Waals surface area (Å²) in [5.41, 5.74) is 1.05. The summed E-state index contributed by atoms with van der Waals surface area (Å²) in [5, 5.41) is 11.3. The first-order valence-electron chi connectivity index (χ1n) is 11.9. The summed E-state index contributed by atoms with van der Waals surface area (Å²) in [6.45, 7) is 2.96. The van der Waals surface area contributed by atoms with E-state index in [9.17, 15) is 14.7 Å². The number of hydrogen-bond donors (Lipinski definition) is 1. The van der Waals surface area contributed by atoms with Gasteiger partial charge in [-0.2, -0.15) is 0 Å². The number of aliphatic hydroxyl groups is 1. The molecule has 4 rings (SSSR count). The number of rotatable bonds is 10. The van der Waals surface area contributed by atoms with Gasteiger partial charge in [-0.1, -0.05) is 49.4 Å². The van der Waals surface area contributed by atoms with Crippen LogP contribution in [0.1, 0.15) is 30.5 Å². The highest BCUT2D eigenvalue weighted by atomic mass is 16.5. The number of ether oxygens (including phenoxy) is 3. The quantitative estimate of drug-likeness (QED) is 0.236. The number of para-hydroxylation sites is 1. The van der Waals surface area contributed by atoms with Crippen LogP contribution in [0.3, 0.4) is 0 Å². The largest absolute Gasteiger partial charge is 0.507 e. The molecule has 1 N–H and O–H groups in total. The third kappa shape index (κ3) is 5.42. The van der Waals surface area contributed by atoms with Crippen molar-refractivity contribution in [3.05, 3.63) is 95.6 Å². The van der Waals surface area contributed by atoms with Gasteiger partial charge in [0.25, 0.3) is 11.7 Å². The lowest BCUT2D eigenvalue weighted by Crippen LogP contribution is -2.32. The second kappa shape index (κ2) is 11.6. The van der Waals surface area contributed by atoms with Crippen molar-refractivity contribution in [3.8, 4) is 17.2 Å². The number of carbonyl (C=O) groups excluding carboxylic acids is 2. The summed E-state index contributed by atoms with van der Waals surface area (Å²) in [7, 11) is 1.53. The molecule has 1 fully saturated rings. The Hall–Kier alpha value is -4.10. The van der Waals surface area contributed by atoms with Gasteiger partial charge in [0, 0.05) is 19.2 Å². The molecule has 1 atom stereocenters. The number of amides is 1. The van der Waals surface area contributed by atoms with E-state index in [0.29, 0.717) is 35.0 Å². The van der Waals surface area contributed by atoms with Crippen LogP contribution in [0.5, 0.6) is 17.2 Å². The fourth-order valence-corrected chi connectivity index (χ4v) is 4.13. The monoisotopic (exact) mass is 487 g/mol. The molecule has 0 radical (unpaired) electrons. The predicted octanol–water partition coefficient (Wildman–Crippen LogP) is 5.34. The van der Waals surface area contributed by atoms with Gasteiger partial charge in [-0.25, -0.2) is 0 Å². The standard InChI is InChI=1S/C29H29NO6/c1-3-16-35-23-13-8-10-21(19-23)27(31)25-26(30(15-17-34-2)29(33)28(25)32)20-9-7-14-24(18-20)36-22-11-5-4-6-12-22/h4-14,18-19,26,31H,3,15-17H2,1-2H3. The summed E-state index contributed by atoms with van der Waals surface area (Å²) < 4.78 is 16.8. The molecule has 186 valence electrons. The first kappa shape index (κ1) is 25.0. The van der Waals surface area contributed by atoms with Crippen LogP contribution in [0, 0.1) is 0 Å². The molecule has 7 nitrogen and oxygen atoms in total. The lowest BCUT2D eigenvalue weighted by molar-refractivity contribution is -0.140. The van der Waals surface area contributed by atoms with Crippen LogP contribution in [0.2, 0.25) is 0 Å². The van der Waals surface area contributed by atoms with E-state index < -0.39 is 17.7 Å². The average Bonchev–Trinajstić information content (AvgIpc) is 3.16. The Morgan fingerprint density at radius 1 is 0.889 bits per heavy atom. The van der Waals surface area contributed by atoms with Gasteiger partial charge in [0.15, 0.2) is 0 Å². The fourth-order valence-electron chi connectivity index (χ4n) is 4.13. The summed E-state index contributed by atoms with van der Waals surface area (Å²) in [4.78, 5) is 27.7. The zero-order valence-electron chi connectivity index (χ0n) is 20.3. The molecule has 0 aliphatic carbocycles. The van der Waals surface area contributed by atoms with Crippen LogP contribution in [-0.4, -0.2) is 48.6 Å². The van der Waals surface area contributed by atoms with E-state index >= 15 is 0 Å². The van der Waals surface area contributed by atoms with Crippen molar-refractivity contribution in [1.82, 2.24) is 4.90 Å². The Kier molecular flexibility index (Phi) is 8.02. The number of likely N-dealkylation sites (tertiary alicyclic amines) is 1. The van der Waals surface area contributed by atoms with Crippen molar-refractivity contribution in [1.29, 1.82) is 0 Å². The van der Waals surface area contributed by atoms with Crippen LogP contribution < -0.4 is 9.47 Å². The van der Waals surface area contributed by atoms with Crippen LogP contribution in [0.15, 0.2) is 84.4 Å². The number of aliphatic hydroxyl groups excluding tert-OH is 1. The third-order valence-electron chi connectivity index (χ3n) is 5.81. The van der Waals surface area contributed by atoms with Gasteiger partial charge in [0.2, 0.25) is 0 Å². The minimum absolute atomic E-state index is 0.0144. The number of hydrogen-bond acceptors (Lipinski definition) is 6. The van der Waals surface area contributed by atoms with E-state index in [0.717, 1.165) is 6.42 Å². The maximum absolute atomic E-state index is 13.2. The third-order valence-corrected chi connectivity index (χ3v) is 5.81. The van der Waals surface area contributed by atoms with Crippen molar-refractivity contribution in [2.24, 2.45) is 0 Å². The molecule has 7 heteroatoms.